The molecular formula is C19H22N8. The summed E-state index contributed by atoms with van der Waals surface area (Å²) in [6.45, 7) is 2.64. The first-order chi connectivity index (χ1) is 13.1. The molecule has 1 heterocycles. The van der Waals surface area contributed by atoms with Crippen LogP contribution < -0.4 is 16.9 Å². The second kappa shape index (κ2) is 8.21. The van der Waals surface area contributed by atoms with Crippen LogP contribution in [0.4, 0.5) is 5.69 Å². The minimum atomic E-state index is -0.500. The van der Waals surface area contributed by atoms with Gasteiger partial charge in [-0.05, 0) is 30.2 Å². The molecule has 0 radical (unpaired) electrons. The number of imidazole rings is 1. The molecule has 3 rings (SSSR count). The van der Waals surface area contributed by atoms with Gasteiger partial charge in [-0.1, -0.05) is 31.2 Å². The number of fused-ring (bicyclic) bond motifs is 1. The van der Waals surface area contributed by atoms with E-state index in [1.807, 2.05) is 49.4 Å². The minimum Gasteiger partial charge on any atom is -0.382 e. The highest BCUT2D eigenvalue weighted by Crippen LogP contribution is 2.22. The summed E-state index contributed by atoms with van der Waals surface area (Å²) in [6.07, 6.45) is 2.52. The van der Waals surface area contributed by atoms with E-state index in [0.717, 1.165) is 34.3 Å². The molecule has 6 N–H and O–H groups in total. The lowest BCUT2D eigenvalue weighted by molar-refractivity contribution is 0.299. The Bertz CT molecular complexity index is 967. The van der Waals surface area contributed by atoms with Gasteiger partial charge in [0, 0.05) is 11.3 Å². The molecule has 1 unspecified atom stereocenters. The van der Waals surface area contributed by atoms with E-state index in [1.54, 1.807) is 6.33 Å². The predicted molar refractivity (Wildman–Crippen MR) is 106 cm³/mol. The number of anilines is 1. The van der Waals surface area contributed by atoms with E-state index in [9.17, 15) is 5.26 Å². The highest BCUT2D eigenvalue weighted by Gasteiger charge is 2.12. The summed E-state index contributed by atoms with van der Waals surface area (Å²) in [7, 11) is 0. The smallest absolute Gasteiger partial charge is 0.152 e. The van der Waals surface area contributed by atoms with Crippen LogP contribution in [0.5, 0.6) is 0 Å². The Morgan fingerprint density at radius 3 is 2.81 bits per heavy atom. The van der Waals surface area contributed by atoms with Crippen molar-refractivity contribution in [3.8, 4) is 6.07 Å². The number of hydrogen-bond donors (Lipinski definition) is 4. The molecule has 8 nitrogen and oxygen atoms in total. The molecule has 1 atom stereocenters. The maximum atomic E-state index is 9.56. The number of hydrogen-bond acceptors (Lipinski definition) is 6. The normalized spacial score (nSPS) is 12.6. The third-order valence-corrected chi connectivity index (χ3v) is 4.09. The topological polar surface area (TPSA) is 132 Å². The number of hydrazone groups is 1. The number of H-pyrrole nitrogens is 1. The molecule has 0 bridgehead atoms. The average Bonchev–Trinajstić information content (AvgIpc) is 3.14. The number of nitriles is 1. The van der Waals surface area contributed by atoms with Crippen LogP contribution in [0.1, 0.15) is 30.5 Å². The van der Waals surface area contributed by atoms with Crippen LogP contribution in [0.15, 0.2) is 53.9 Å². The van der Waals surface area contributed by atoms with Crippen molar-refractivity contribution in [1.29, 1.82) is 5.26 Å². The van der Waals surface area contributed by atoms with Gasteiger partial charge in [-0.2, -0.15) is 5.26 Å². The van der Waals surface area contributed by atoms with Crippen molar-refractivity contribution in [2.75, 3.05) is 11.9 Å². The van der Waals surface area contributed by atoms with Crippen molar-refractivity contribution >= 4 is 22.6 Å². The monoisotopic (exact) mass is 362 g/mol. The van der Waals surface area contributed by atoms with Crippen molar-refractivity contribution in [3.05, 3.63) is 59.9 Å². The molecule has 0 amide bonds. The standard InChI is InChI=1S/C19H22N8/c1-2-9-27(22)26-19(21)14-5-3-13(4-6-14)18(11-20)25-15-7-8-16-17(10-15)24-12-23-16/h3-8,10,12,18,25H,2,9,22H2,1H3,(H2,21,26)(H,23,24). The number of amidine groups is 1. The summed E-state index contributed by atoms with van der Waals surface area (Å²) in [6, 6.07) is 14.9. The summed E-state index contributed by atoms with van der Waals surface area (Å²) in [5.41, 5.74) is 10.2. The Morgan fingerprint density at radius 1 is 1.33 bits per heavy atom. The Kier molecular flexibility index (Phi) is 5.54. The van der Waals surface area contributed by atoms with Crippen LogP contribution >= 0.6 is 0 Å². The third-order valence-electron chi connectivity index (χ3n) is 4.09. The van der Waals surface area contributed by atoms with E-state index in [2.05, 4.69) is 26.5 Å². The molecule has 2 aromatic carbocycles. The van der Waals surface area contributed by atoms with E-state index in [-0.39, 0.29) is 0 Å². The summed E-state index contributed by atoms with van der Waals surface area (Å²) in [5.74, 6) is 6.08. The second-order valence-electron chi connectivity index (χ2n) is 6.11. The highest BCUT2D eigenvalue weighted by molar-refractivity contribution is 5.97. The Morgan fingerprint density at radius 2 is 2.11 bits per heavy atom. The molecule has 27 heavy (non-hydrogen) atoms. The minimum absolute atomic E-state index is 0.336. The highest BCUT2D eigenvalue weighted by atomic mass is 15.6. The Balaban J connectivity index is 1.75. The predicted octanol–water partition coefficient (Wildman–Crippen LogP) is 2.45. The van der Waals surface area contributed by atoms with Crippen LogP contribution in [0.2, 0.25) is 0 Å². The largest absolute Gasteiger partial charge is 0.382 e. The number of benzene rings is 2. The fraction of sp³-hybridized carbons (Fsp3) is 0.211. The van der Waals surface area contributed by atoms with E-state index >= 15 is 0 Å². The molecule has 0 saturated carbocycles. The average molecular weight is 362 g/mol. The maximum absolute atomic E-state index is 9.56. The van der Waals surface area contributed by atoms with Gasteiger partial charge in [0.2, 0.25) is 0 Å². The number of hydrazine groups is 1. The first-order valence-electron chi connectivity index (χ1n) is 8.66. The maximum Gasteiger partial charge on any atom is 0.152 e. The molecule has 0 aliphatic rings. The van der Waals surface area contributed by atoms with Crippen LogP contribution in [0.25, 0.3) is 11.0 Å². The van der Waals surface area contributed by atoms with E-state index in [1.165, 1.54) is 5.12 Å². The molecule has 0 spiro atoms. The van der Waals surface area contributed by atoms with Crippen molar-refractivity contribution in [3.63, 3.8) is 0 Å². The molecule has 8 heteroatoms. The van der Waals surface area contributed by atoms with Crippen LogP contribution in [0, 0.1) is 11.3 Å². The molecule has 138 valence electrons. The first kappa shape index (κ1) is 18.2. The van der Waals surface area contributed by atoms with Gasteiger partial charge in [-0.15, -0.1) is 5.10 Å². The van der Waals surface area contributed by atoms with Gasteiger partial charge < -0.3 is 16.0 Å². The van der Waals surface area contributed by atoms with Crippen LogP contribution in [0.3, 0.4) is 0 Å². The number of rotatable bonds is 7. The van der Waals surface area contributed by atoms with Gasteiger partial charge in [0.1, 0.15) is 6.04 Å². The number of aromatic nitrogens is 2. The summed E-state index contributed by atoms with van der Waals surface area (Å²) in [4.78, 5) is 7.28. The quantitative estimate of drug-likeness (QED) is 0.221. The van der Waals surface area contributed by atoms with Crippen LogP contribution in [-0.4, -0.2) is 27.5 Å². The number of nitrogens with two attached hydrogens (primary N) is 2. The first-order valence-corrected chi connectivity index (χ1v) is 8.66. The Labute approximate surface area is 157 Å². The summed E-state index contributed by atoms with van der Waals surface area (Å²) < 4.78 is 0. The Hall–Kier alpha value is -3.57. The SMILES string of the molecule is CCCN(N)/N=C(\N)c1ccc(C(C#N)Nc2ccc3[nH]cnc3c2)cc1. The molecule has 0 saturated heterocycles. The van der Waals surface area contributed by atoms with Gasteiger partial charge in [0.25, 0.3) is 0 Å². The second-order valence-corrected chi connectivity index (χ2v) is 6.11. The summed E-state index contributed by atoms with van der Waals surface area (Å²) >= 11 is 0. The van der Waals surface area contributed by atoms with E-state index < -0.39 is 6.04 Å². The molecule has 3 aromatic rings. The van der Waals surface area contributed by atoms with Crippen LogP contribution in [-0.2, 0) is 0 Å². The molecule has 0 aliphatic carbocycles. The van der Waals surface area contributed by atoms with E-state index in [0.29, 0.717) is 12.4 Å². The number of nitrogens with zero attached hydrogens (tertiary/aromatic N) is 4. The zero-order valence-corrected chi connectivity index (χ0v) is 15.1. The molecule has 1 aromatic heterocycles. The van der Waals surface area contributed by atoms with Gasteiger partial charge >= 0.3 is 0 Å². The lowest BCUT2D eigenvalue weighted by Crippen LogP contribution is -2.30. The lowest BCUT2D eigenvalue weighted by atomic mass is 10.0. The van der Waals surface area contributed by atoms with Gasteiger partial charge in [0.15, 0.2) is 5.84 Å². The summed E-state index contributed by atoms with van der Waals surface area (Å²) in [5, 5.41) is 18.3. The lowest BCUT2D eigenvalue weighted by Gasteiger charge is -2.15. The zero-order valence-electron chi connectivity index (χ0n) is 15.1. The number of aromatic amines is 1. The van der Waals surface area contributed by atoms with Gasteiger partial charge in [-0.3, -0.25) is 0 Å². The van der Waals surface area contributed by atoms with Crippen molar-refractivity contribution in [2.24, 2.45) is 16.7 Å². The fourth-order valence-corrected chi connectivity index (χ4v) is 2.70. The van der Waals surface area contributed by atoms with E-state index in [4.69, 9.17) is 11.6 Å². The molecule has 0 aliphatic heterocycles. The van der Waals surface area contributed by atoms with Gasteiger partial charge in [0.05, 0.1) is 30.0 Å². The van der Waals surface area contributed by atoms with Crippen molar-refractivity contribution in [1.82, 2.24) is 15.1 Å². The van der Waals surface area contributed by atoms with Gasteiger partial charge in [-0.25, -0.2) is 15.9 Å². The third kappa shape index (κ3) is 4.34. The van der Waals surface area contributed by atoms with Crippen molar-refractivity contribution in [2.45, 2.75) is 19.4 Å². The molecule has 0 fully saturated rings. The number of nitrogens with one attached hydrogen (secondary N) is 2. The fourth-order valence-electron chi connectivity index (χ4n) is 2.70. The van der Waals surface area contributed by atoms with Crippen molar-refractivity contribution < 1.29 is 0 Å². The zero-order chi connectivity index (χ0) is 19.2. The molecular weight excluding hydrogens is 340 g/mol.